The molecule has 1 aliphatic rings. The number of piperidine rings is 1. The van der Waals surface area contributed by atoms with E-state index in [9.17, 15) is 18.0 Å². The number of hydrogen-bond acceptors (Lipinski definition) is 5. The fourth-order valence-corrected chi connectivity index (χ4v) is 4.08. The number of hydrogen-bond donors (Lipinski definition) is 3. The molecule has 3 rings (SSSR count). The standard InChI is InChI=1S/C19H21N3O5S/c23-18(20-25)14-4-8-16(9-5-14)21-28(26,27)17-10-6-15(7-11-17)19(24)22-12-2-1-3-13-22/h4-11,21,25H,1-3,12-13H2,(H,20,23). The molecule has 0 bridgehead atoms. The van der Waals surface area contributed by atoms with Crippen molar-refractivity contribution in [3.8, 4) is 0 Å². The molecule has 0 saturated carbocycles. The summed E-state index contributed by atoms with van der Waals surface area (Å²) in [6.07, 6.45) is 3.10. The number of nitrogens with zero attached hydrogens (tertiary/aromatic N) is 1. The Hall–Kier alpha value is -2.91. The minimum atomic E-state index is -3.84. The number of carbonyl (C=O) groups excluding carboxylic acids is 2. The second-order valence-corrected chi connectivity index (χ2v) is 8.18. The number of amides is 2. The van der Waals surface area contributed by atoms with Crippen molar-refractivity contribution in [3.05, 3.63) is 59.7 Å². The summed E-state index contributed by atoms with van der Waals surface area (Å²) in [6.45, 7) is 1.45. The van der Waals surface area contributed by atoms with Crippen molar-refractivity contribution in [1.29, 1.82) is 0 Å². The first-order valence-electron chi connectivity index (χ1n) is 8.87. The number of rotatable bonds is 5. The molecule has 1 fully saturated rings. The zero-order valence-electron chi connectivity index (χ0n) is 15.1. The van der Waals surface area contributed by atoms with Gasteiger partial charge in [0.05, 0.1) is 4.90 Å². The molecule has 1 aliphatic heterocycles. The Bertz CT molecular complexity index is 950. The first-order valence-corrected chi connectivity index (χ1v) is 10.4. The van der Waals surface area contributed by atoms with Crippen LogP contribution in [0.2, 0.25) is 0 Å². The predicted molar refractivity (Wildman–Crippen MR) is 103 cm³/mol. The largest absolute Gasteiger partial charge is 0.339 e. The zero-order chi connectivity index (χ0) is 20.1. The number of hydroxylamine groups is 1. The van der Waals surface area contributed by atoms with Gasteiger partial charge in [0, 0.05) is 29.9 Å². The Morgan fingerprint density at radius 1 is 0.857 bits per heavy atom. The van der Waals surface area contributed by atoms with E-state index in [1.165, 1.54) is 54.0 Å². The third-order valence-corrected chi connectivity index (χ3v) is 5.95. The molecule has 2 amide bonds. The normalized spacial score (nSPS) is 14.4. The molecule has 148 valence electrons. The average Bonchev–Trinajstić information content (AvgIpc) is 2.73. The van der Waals surface area contributed by atoms with Gasteiger partial charge in [0.15, 0.2) is 0 Å². The first-order chi connectivity index (χ1) is 13.4. The van der Waals surface area contributed by atoms with Gasteiger partial charge in [0.25, 0.3) is 21.8 Å². The van der Waals surface area contributed by atoms with Gasteiger partial charge in [-0.1, -0.05) is 0 Å². The van der Waals surface area contributed by atoms with Crippen LogP contribution in [-0.2, 0) is 10.0 Å². The van der Waals surface area contributed by atoms with Crippen LogP contribution in [0.1, 0.15) is 40.0 Å². The highest BCUT2D eigenvalue weighted by Gasteiger charge is 2.20. The fourth-order valence-electron chi connectivity index (χ4n) is 3.02. The molecule has 8 nitrogen and oxygen atoms in total. The van der Waals surface area contributed by atoms with Crippen LogP contribution in [0.3, 0.4) is 0 Å². The summed E-state index contributed by atoms with van der Waals surface area (Å²) in [4.78, 5) is 25.6. The number of sulfonamides is 1. The van der Waals surface area contributed by atoms with Gasteiger partial charge in [0.1, 0.15) is 0 Å². The molecule has 0 spiro atoms. The van der Waals surface area contributed by atoms with Crippen LogP contribution in [0.5, 0.6) is 0 Å². The summed E-state index contributed by atoms with van der Waals surface area (Å²) in [5.41, 5.74) is 2.42. The van der Waals surface area contributed by atoms with Crippen LogP contribution in [0.15, 0.2) is 53.4 Å². The van der Waals surface area contributed by atoms with E-state index >= 15 is 0 Å². The second-order valence-electron chi connectivity index (χ2n) is 6.50. The molecule has 9 heteroatoms. The molecule has 0 atom stereocenters. The second kappa shape index (κ2) is 8.41. The van der Waals surface area contributed by atoms with Crippen LogP contribution >= 0.6 is 0 Å². The minimum absolute atomic E-state index is 0.0277. The molecule has 0 aliphatic carbocycles. The van der Waals surface area contributed by atoms with Crippen molar-refractivity contribution in [3.63, 3.8) is 0 Å². The van der Waals surface area contributed by atoms with E-state index < -0.39 is 15.9 Å². The maximum Gasteiger partial charge on any atom is 0.274 e. The van der Waals surface area contributed by atoms with E-state index in [1.807, 2.05) is 0 Å². The lowest BCUT2D eigenvalue weighted by atomic mass is 10.1. The van der Waals surface area contributed by atoms with Crippen LogP contribution in [0.4, 0.5) is 5.69 Å². The molecule has 0 radical (unpaired) electrons. The molecule has 0 unspecified atom stereocenters. The molecule has 2 aromatic rings. The number of benzene rings is 2. The lowest BCUT2D eigenvalue weighted by molar-refractivity contribution is 0.0705. The lowest BCUT2D eigenvalue weighted by Crippen LogP contribution is -2.35. The lowest BCUT2D eigenvalue weighted by Gasteiger charge is -2.26. The highest BCUT2D eigenvalue weighted by Crippen LogP contribution is 2.19. The summed E-state index contributed by atoms with van der Waals surface area (Å²) < 4.78 is 27.5. The molecule has 1 saturated heterocycles. The monoisotopic (exact) mass is 403 g/mol. The summed E-state index contributed by atoms with van der Waals surface area (Å²) in [5, 5.41) is 8.60. The van der Waals surface area contributed by atoms with E-state index in [2.05, 4.69) is 4.72 Å². The maximum atomic E-state index is 12.5. The molecule has 2 aromatic carbocycles. The van der Waals surface area contributed by atoms with Crippen LogP contribution in [0.25, 0.3) is 0 Å². The highest BCUT2D eigenvalue weighted by molar-refractivity contribution is 7.92. The number of nitrogens with one attached hydrogen (secondary N) is 2. The van der Waals surface area contributed by atoms with Crippen molar-refractivity contribution in [2.45, 2.75) is 24.2 Å². The zero-order valence-corrected chi connectivity index (χ0v) is 15.9. The van der Waals surface area contributed by atoms with Crippen LogP contribution in [0, 0.1) is 0 Å². The summed E-state index contributed by atoms with van der Waals surface area (Å²) in [6, 6.07) is 11.4. The van der Waals surface area contributed by atoms with E-state index in [4.69, 9.17) is 5.21 Å². The van der Waals surface area contributed by atoms with Gasteiger partial charge in [-0.2, -0.15) is 0 Å². The SMILES string of the molecule is O=C(NO)c1ccc(NS(=O)(=O)c2ccc(C(=O)N3CCCCC3)cc2)cc1. The van der Waals surface area contributed by atoms with Gasteiger partial charge < -0.3 is 4.90 Å². The predicted octanol–water partition coefficient (Wildman–Crippen LogP) is 2.23. The van der Waals surface area contributed by atoms with Crippen molar-refractivity contribution < 1.29 is 23.2 Å². The summed E-state index contributed by atoms with van der Waals surface area (Å²) in [5.74, 6) is -0.780. The average molecular weight is 403 g/mol. The van der Waals surface area contributed by atoms with Gasteiger partial charge in [-0.25, -0.2) is 13.9 Å². The topological polar surface area (TPSA) is 116 Å². The maximum absolute atomic E-state index is 12.5. The van der Waals surface area contributed by atoms with Crippen molar-refractivity contribution in [1.82, 2.24) is 10.4 Å². The number of carbonyl (C=O) groups is 2. The van der Waals surface area contributed by atoms with Gasteiger partial charge >= 0.3 is 0 Å². The summed E-state index contributed by atoms with van der Waals surface area (Å²) >= 11 is 0. The number of likely N-dealkylation sites (tertiary alicyclic amines) is 1. The quantitative estimate of drug-likeness (QED) is 0.523. The van der Waals surface area contributed by atoms with Crippen molar-refractivity contribution in [2.24, 2.45) is 0 Å². The molecular weight excluding hydrogens is 382 g/mol. The van der Waals surface area contributed by atoms with Gasteiger partial charge in [-0.15, -0.1) is 0 Å². The van der Waals surface area contributed by atoms with Crippen LogP contribution in [-0.4, -0.2) is 43.4 Å². The Morgan fingerprint density at radius 3 is 2.00 bits per heavy atom. The first kappa shape index (κ1) is 19.8. The molecule has 1 heterocycles. The highest BCUT2D eigenvalue weighted by atomic mass is 32.2. The Balaban J connectivity index is 1.71. The van der Waals surface area contributed by atoms with Gasteiger partial charge in [0.2, 0.25) is 0 Å². The van der Waals surface area contributed by atoms with Crippen LogP contribution < -0.4 is 10.2 Å². The third kappa shape index (κ3) is 4.49. The fraction of sp³-hybridized carbons (Fsp3) is 0.263. The molecule has 28 heavy (non-hydrogen) atoms. The third-order valence-electron chi connectivity index (χ3n) is 4.56. The molecule has 0 aromatic heterocycles. The van der Waals surface area contributed by atoms with E-state index in [1.54, 1.807) is 4.90 Å². The number of anilines is 1. The Morgan fingerprint density at radius 2 is 1.43 bits per heavy atom. The van der Waals surface area contributed by atoms with Crippen molar-refractivity contribution >= 4 is 27.5 Å². The van der Waals surface area contributed by atoms with Gasteiger partial charge in [-0.3, -0.25) is 19.5 Å². The molecular formula is C19H21N3O5S. The van der Waals surface area contributed by atoms with Crippen molar-refractivity contribution in [2.75, 3.05) is 17.8 Å². The summed E-state index contributed by atoms with van der Waals surface area (Å²) in [7, 11) is -3.84. The minimum Gasteiger partial charge on any atom is -0.339 e. The van der Waals surface area contributed by atoms with E-state index in [0.29, 0.717) is 5.56 Å². The van der Waals surface area contributed by atoms with E-state index in [-0.39, 0.29) is 22.1 Å². The Labute approximate surface area is 163 Å². The van der Waals surface area contributed by atoms with E-state index in [0.717, 1.165) is 32.4 Å². The smallest absolute Gasteiger partial charge is 0.274 e. The Kier molecular flexibility index (Phi) is 5.96. The molecule has 3 N–H and O–H groups in total. The van der Waals surface area contributed by atoms with Gasteiger partial charge in [-0.05, 0) is 67.8 Å².